The van der Waals surface area contributed by atoms with Crippen molar-refractivity contribution in [2.45, 2.75) is 39.3 Å². The van der Waals surface area contributed by atoms with Crippen molar-refractivity contribution in [3.05, 3.63) is 29.5 Å². The van der Waals surface area contributed by atoms with Gasteiger partial charge in [0.2, 0.25) is 0 Å². The summed E-state index contributed by atoms with van der Waals surface area (Å²) in [5.74, 6) is 0.674. The fourth-order valence-electron chi connectivity index (χ4n) is 2.19. The molecule has 0 radical (unpaired) electrons. The number of hydrogen-bond acceptors (Lipinski definition) is 4. The quantitative estimate of drug-likeness (QED) is 0.792. The summed E-state index contributed by atoms with van der Waals surface area (Å²) in [6, 6.07) is 7.69. The van der Waals surface area contributed by atoms with Crippen molar-refractivity contribution in [2.24, 2.45) is 0 Å². The van der Waals surface area contributed by atoms with E-state index in [1.807, 2.05) is 39.8 Å². The predicted octanol–water partition coefficient (Wildman–Crippen LogP) is 2.48. The molecule has 0 aliphatic rings. The molecule has 1 aromatic heterocycles. The molecule has 1 aromatic carbocycles. The molecule has 5 heteroatoms. The summed E-state index contributed by atoms with van der Waals surface area (Å²) in [4.78, 5) is 3.07. The van der Waals surface area contributed by atoms with Gasteiger partial charge < -0.3 is 20.1 Å². The van der Waals surface area contributed by atoms with Crippen molar-refractivity contribution in [1.29, 1.82) is 5.26 Å². The van der Waals surface area contributed by atoms with Crippen LogP contribution in [0.15, 0.2) is 18.2 Å². The second kappa shape index (κ2) is 6.39. The maximum absolute atomic E-state index is 10.0. The Morgan fingerprint density at radius 2 is 2.14 bits per heavy atom. The topological polar surface area (TPSA) is 81.1 Å². The number of aromatic amines is 1. The molecule has 22 heavy (non-hydrogen) atoms. The van der Waals surface area contributed by atoms with Crippen molar-refractivity contribution in [3.8, 4) is 11.8 Å². The number of aromatic nitrogens is 1. The molecule has 118 valence electrons. The zero-order valence-corrected chi connectivity index (χ0v) is 13.5. The summed E-state index contributed by atoms with van der Waals surface area (Å²) in [6.07, 6.45) is -0.593. The number of fused-ring (bicyclic) bond motifs is 1. The highest BCUT2D eigenvalue weighted by atomic mass is 16.5. The van der Waals surface area contributed by atoms with Crippen LogP contribution in [0.1, 0.15) is 32.0 Å². The Balaban J connectivity index is 2.07. The lowest BCUT2D eigenvalue weighted by Gasteiger charge is -2.23. The molecule has 1 heterocycles. The fraction of sp³-hybridized carbons (Fsp3) is 0.471. The van der Waals surface area contributed by atoms with E-state index in [1.54, 1.807) is 6.07 Å². The first-order chi connectivity index (χ1) is 10.3. The molecule has 1 atom stereocenters. The lowest BCUT2D eigenvalue weighted by molar-refractivity contribution is 0.101. The van der Waals surface area contributed by atoms with Gasteiger partial charge in [-0.3, -0.25) is 0 Å². The van der Waals surface area contributed by atoms with E-state index in [0.717, 1.165) is 16.5 Å². The molecule has 0 aliphatic carbocycles. The van der Waals surface area contributed by atoms with Crippen molar-refractivity contribution in [2.75, 3.05) is 13.2 Å². The summed E-state index contributed by atoms with van der Waals surface area (Å²) < 4.78 is 5.74. The van der Waals surface area contributed by atoms with Crippen molar-refractivity contribution in [3.63, 3.8) is 0 Å². The number of nitriles is 1. The average molecular weight is 301 g/mol. The highest BCUT2D eigenvalue weighted by molar-refractivity contribution is 5.89. The van der Waals surface area contributed by atoms with Crippen molar-refractivity contribution < 1.29 is 9.84 Å². The maximum atomic E-state index is 10.0. The SMILES string of the molecule is Cc1ccc(OCC(O)CNC(C)(C)C)c2cc(C#N)[nH]c12. The Labute approximate surface area is 130 Å². The summed E-state index contributed by atoms with van der Waals surface area (Å²) in [5.41, 5.74) is 2.42. The molecule has 0 spiro atoms. The Morgan fingerprint density at radius 1 is 1.41 bits per heavy atom. The number of ether oxygens (including phenoxy) is 1. The second-order valence-corrected chi connectivity index (χ2v) is 6.56. The number of hydrogen-bond donors (Lipinski definition) is 3. The Bertz CT molecular complexity index is 692. The third-order valence-electron chi connectivity index (χ3n) is 3.38. The highest BCUT2D eigenvalue weighted by Crippen LogP contribution is 2.29. The summed E-state index contributed by atoms with van der Waals surface area (Å²) in [6.45, 7) is 8.79. The number of nitrogens with one attached hydrogen (secondary N) is 2. The number of aryl methyl sites for hydroxylation is 1. The number of benzene rings is 1. The highest BCUT2D eigenvalue weighted by Gasteiger charge is 2.14. The standard InChI is InChI=1S/C17H23N3O2/c1-11-5-6-15(14-7-12(8-18)20-16(11)14)22-10-13(21)9-19-17(2,3)4/h5-7,13,19-21H,9-10H2,1-4H3. The van der Waals surface area contributed by atoms with Gasteiger partial charge in [-0.1, -0.05) is 6.07 Å². The molecule has 5 nitrogen and oxygen atoms in total. The van der Waals surface area contributed by atoms with Crippen LogP contribution in [0.4, 0.5) is 0 Å². The van der Waals surface area contributed by atoms with Crippen LogP contribution in [-0.4, -0.2) is 34.9 Å². The lowest BCUT2D eigenvalue weighted by atomic mass is 10.1. The van der Waals surface area contributed by atoms with E-state index in [2.05, 4.69) is 16.4 Å². The van der Waals surface area contributed by atoms with Gasteiger partial charge in [0.25, 0.3) is 0 Å². The molecule has 0 fully saturated rings. The first-order valence-electron chi connectivity index (χ1n) is 7.38. The predicted molar refractivity (Wildman–Crippen MR) is 87.0 cm³/mol. The smallest absolute Gasteiger partial charge is 0.128 e. The van der Waals surface area contributed by atoms with E-state index >= 15 is 0 Å². The largest absolute Gasteiger partial charge is 0.490 e. The Kier molecular flexibility index (Phi) is 4.74. The van der Waals surface area contributed by atoms with E-state index in [1.165, 1.54) is 0 Å². The third-order valence-corrected chi connectivity index (χ3v) is 3.38. The van der Waals surface area contributed by atoms with Crippen LogP contribution in [0.2, 0.25) is 0 Å². The summed E-state index contributed by atoms with van der Waals surface area (Å²) in [5, 5.41) is 23.1. The monoisotopic (exact) mass is 301 g/mol. The van der Waals surface area contributed by atoms with Gasteiger partial charge in [-0.05, 0) is 45.4 Å². The van der Waals surface area contributed by atoms with Crippen molar-refractivity contribution >= 4 is 10.9 Å². The first kappa shape index (κ1) is 16.3. The van der Waals surface area contributed by atoms with Crippen LogP contribution < -0.4 is 10.1 Å². The van der Waals surface area contributed by atoms with Crippen LogP contribution in [0, 0.1) is 18.3 Å². The molecule has 0 amide bonds. The number of aliphatic hydroxyl groups excluding tert-OH is 1. The van der Waals surface area contributed by atoms with Gasteiger partial charge in [0.1, 0.15) is 30.2 Å². The van der Waals surface area contributed by atoms with Gasteiger partial charge in [0.05, 0.1) is 5.52 Å². The average Bonchev–Trinajstić information content (AvgIpc) is 2.89. The minimum absolute atomic E-state index is 0.0412. The minimum atomic E-state index is -0.593. The lowest BCUT2D eigenvalue weighted by Crippen LogP contribution is -2.42. The van der Waals surface area contributed by atoms with E-state index in [9.17, 15) is 5.11 Å². The third kappa shape index (κ3) is 4.00. The summed E-state index contributed by atoms with van der Waals surface area (Å²) >= 11 is 0. The Morgan fingerprint density at radius 3 is 2.77 bits per heavy atom. The van der Waals surface area contributed by atoms with Gasteiger partial charge in [0, 0.05) is 17.5 Å². The van der Waals surface area contributed by atoms with E-state index in [4.69, 9.17) is 10.00 Å². The van der Waals surface area contributed by atoms with Crippen LogP contribution >= 0.6 is 0 Å². The van der Waals surface area contributed by atoms with E-state index in [-0.39, 0.29) is 12.1 Å². The minimum Gasteiger partial charge on any atom is -0.490 e. The zero-order chi connectivity index (χ0) is 16.3. The molecule has 0 saturated carbocycles. The molecule has 0 aliphatic heterocycles. The van der Waals surface area contributed by atoms with Gasteiger partial charge in [-0.2, -0.15) is 5.26 Å². The van der Waals surface area contributed by atoms with Crippen LogP contribution in [0.25, 0.3) is 10.9 Å². The number of β-amino-alcohol motifs (C(OH)–C–C–N with tert-alkyl or cyclic N) is 1. The van der Waals surface area contributed by atoms with Gasteiger partial charge in [-0.15, -0.1) is 0 Å². The number of rotatable bonds is 5. The second-order valence-electron chi connectivity index (χ2n) is 6.56. The van der Waals surface area contributed by atoms with Crippen LogP contribution in [0.3, 0.4) is 0 Å². The van der Waals surface area contributed by atoms with E-state index in [0.29, 0.717) is 18.0 Å². The van der Waals surface area contributed by atoms with Gasteiger partial charge >= 0.3 is 0 Å². The van der Waals surface area contributed by atoms with Gasteiger partial charge in [-0.25, -0.2) is 0 Å². The zero-order valence-electron chi connectivity index (χ0n) is 13.5. The normalized spacial score (nSPS) is 13.1. The maximum Gasteiger partial charge on any atom is 0.128 e. The molecule has 1 unspecified atom stereocenters. The number of aliphatic hydroxyl groups is 1. The molecule has 2 aromatic rings. The molecule has 3 N–H and O–H groups in total. The molecule has 0 bridgehead atoms. The van der Waals surface area contributed by atoms with Crippen LogP contribution in [0.5, 0.6) is 5.75 Å². The fourth-order valence-corrected chi connectivity index (χ4v) is 2.19. The molecule has 2 rings (SSSR count). The first-order valence-corrected chi connectivity index (χ1v) is 7.38. The van der Waals surface area contributed by atoms with E-state index < -0.39 is 6.10 Å². The number of nitrogens with zero attached hydrogens (tertiary/aromatic N) is 1. The molecular formula is C17H23N3O2. The Hall–Kier alpha value is -2.03. The number of H-pyrrole nitrogens is 1. The molecule has 0 saturated heterocycles. The van der Waals surface area contributed by atoms with Crippen LogP contribution in [-0.2, 0) is 0 Å². The van der Waals surface area contributed by atoms with Crippen molar-refractivity contribution in [1.82, 2.24) is 10.3 Å². The molecular weight excluding hydrogens is 278 g/mol. The van der Waals surface area contributed by atoms with Gasteiger partial charge in [0.15, 0.2) is 0 Å². The summed E-state index contributed by atoms with van der Waals surface area (Å²) in [7, 11) is 0.